The summed E-state index contributed by atoms with van der Waals surface area (Å²) in [7, 11) is 0. The number of aromatic nitrogens is 2. The van der Waals surface area contributed by atoms with E-state index in [9.17, 15) is 10.1 Å². The van der Waals surface area contributed by atoms with Crippen molar-refractivity contribution in [1.82, 2.24) is 9.78 Å². The van der Waals surface area contributed by atoms with E-state index in [0.29, 0.717) is 5.69 Å². The largest absolute Gasteiger partial charge is 0.465 e. The Morgan fingerprint density at radius 3 is 2.71 bits per heavy atom. The highest BCUT2D eigenvalue weighted by molar-refractivity contribution is 5.79. The SMILES string of the molecule is CCOC(=O)C(C)(C#N)Cc1ccn(-c2ccccc2)n1. The van der Waals surface area contributed by atoms with Crippen LogP contribution in [0.5, 0.6) is 0 Å². The minimum atomic E-state index is -1.22. The Hall–Kier alpha value is -2.61. The molecule has 5 nitrogen and oxygen atoms in total. The number of para-hydroxylation sites is 1. The molecular weight excluding hydrogens is 266 g/mol. The van der Waals surface area contributed by atoms with Gasteiger partial charge in [-0.1, -0.05) is 18.2 Å². The molecule has 2 rings (SSSR count). The lowest BCUT2D eigenvalue weighted by Crippen LogP contribution is -2.31. The second kappa shape index (κ2) is 6.23. The van der Waals surface area contributed by atoms with Crippen molar-refractivity contribution < 1.29 is 9.53 Å². The van der Waals surface area contributed by atoms with Crippen LogP contribution < -0.4 is 0 Å². The topological polar surface area (TPSA) is 67.9 Å². The maximum absolute atomic E-state index is 11.9. The van der Waals surface area contributed by atoms with Gasteiger partial charge in [0.05, 0.1) is 24.1 Å². The number of nitriles is 1. The fourth-order valence-electron chi connectivity index (χ4n) is 1.99. The normalized spacial score (nSPS) is 13.2. The minimum absolute atomic E-state index is 0.224. The van der Waals surface area contributed by atoms with E-state index < -0.39 is 11.4 Å². The number of benzene rings is 1. The third-order valence-corrected chi connectivity index (χ3v) is 3.17. The average Bonchev–Trinajstić information content (AvgIpc) is 2.96. The molecule has 0 N–H and O–H groups in total. The summed E-state index contributed by atoms with van der Waals surface area (Å²) in [4.78, 5) is 11.9. The number of ether oxygens (including phenoxy) is 1. The molecule has 5 heteroatoms. The Bertz CT molecular complexity index is 658. The number of hydrogen-bond acceptors (Lipinski definition) is 4. The van der Waals surface area contributed by atoms with Gasteiger partial charge in [0.2, 0.25) is 0 Å². The Labute approximate surface area is 123 Å². The van der Waals surface area contributed by atoms with Gasteiger partial charge in [-0.25, -0.2) is 4.68 Å². The highest BCUT2D eigenvalue weighted by atomic mass is 16.5. The lowest BCUT2D eigenvalue weighted by molar-refractivity contribution is -0.151. The zero-order valence-corrected chi connectivity index (χ0v) is 12.1. The van der Waals surface area contributed by atoms with E-state index in [0.717, 1.165) is 5.69 Å². The Balaban J connectivity index is 2.19. The lowest BCUT2D eigenvalue weighted by Gasteiger charge is -2.17. The molecule has 0 spiro atoms. The number of esters is 1. The van der Waals surface area contributed by atoms with Crippen LogP contribution in [0.1, 0.15) is 19.5 Å². The maximum Gasteiger partial charge on any atom is 0.326 e. The summed E-state index contributed by atoms with van der Waals surface area (Å²) in [6.07, 6.45) is 2.04. The summed E-state index contributed by atoms with van der Waals surface area (Å²) in [5.74, 6) is -0.512. The summed E-state index contributed by atoms with van der Waals surface area (Å²) < 4.78 is 6.69. The first kappa shape index (κ1) is 14.8. The Morgan fingerprint density at radius 2 is 2.10 bits per heavy atom. The Kier molecular flexibility index (Phi) is 4.39. The average molecular weight is 283 g/mol. The highest BCUT2D eigenvalue weighted by Crippen LogP contribution is 2.23. The first-order valence-electron chi connectivity index (χ1n) is 6.77. The molecule has 1 heterocycles. The number of carbonyl (C=O) groups excluding carboxylic acids is 1. The van der Waals surface area contributed by atoms with Gasteiger partial charge in [0.25, 0.3) is 0 Å². The zero-order chi connectivity index (χ0) is 15.3. The van der Waals surface area contributed by atoms with Crippen molar-refractivity contribution in [3.05, 3.63) is 48.3 Å². The first-order chi connectivity index (χ1) is 10.1. The molecule has 0 aliphatic carbocycles. The minimum Gasteiger partial charge on any atom is -0.465 e. The first-order valence-corrected chi connectivity index (χ1v) is 6.77. The number of carbonyl (C=O) groups is 1. The molecule has 1 unspecified atom stereocenters. The van der Waals surface area contributed by atoms with Gasteiger partial charge in [-0.15, -0.1) is 0 Å². The van der Waals surface area contributed by atoms with Crippen LogP contribution in [0.3, 0.4) is 0 Å². The fraction of sp³-hybridized carbons (Fsp3) is 0.312. The predicted octanol–water partition coefficient (Wildman–Crippen LogP) is 2.51. The molecule has 1 aromatic carbocycles. The van der Waals surface area contributed by atoms with Crippen LogP contribution in [0, 0.1) is 16.7 Å². The van der Waals surface area contributed by atoms with E-state index in [2.05, 4.69) is 5.10 Å². The number of hydrogen-bond donors (Lipinski definition) is 0. The van der Waals surface area contributed by atoms with Crippen molar-refractivity contribution in [3.8, 4) is 11.8 Å². The second-order valence-corrected chi connectivity index (χ2v) is 4.93. The van der Waals surface area contributed by atoms with Crippen molar-refractivity contribution in [2.45, 2.75) is 20.3 Å². The van der Waals surface area contributed by atoms with Crippen molar-refractivity contribution in [3.63, 3.8) is 0 Å². The molecular formula is C16H17N3O2. The second-order valence-electron chi connectivity index (χ2n) is 4.93. The van der Waals surface area contributed by atoms with E-state index in [1.807, 2.05) is 48.7 Å². The molecule has 2 aromatic rings. The van der Waals surface area contributed by atoms with Crippen LogP contribution >= 0.6 is 0 Å². The third kappa shape index (κ3) is 3.29. The van der Waals surface area contributed by atoms with Crippen LogP contribution in [0.2, 0.25) is 0 Å². The van der Waals surface area contributed by atoms with Gasteiger partial charge >= 0.3 is 5.97 Å². The molecule has 0 bridgehead atoms. The van der Waals surface area contributed by atoms with Crippen LogP contribution in [0.25, 0.3) is 5.69 Å². The molecule has 0 aliphatic heterocycles. The molecule has 1 atom stereocenters. The van der Waals surface area contributed by atoms with Crippen LogP contribution in [-0.2, 0) is 16.0 Å². The smallest absolute Gasteiger partial charge is 0.326 e. The van der Waals surface area contributed by atoms with Crippen LogP contribution in [0.15, 0.2) is 42.6 Å². The van der Waals surface area contributed by atoms with Crippen molar-refractivity contribution in [2.75, 3.05) is 6.61 Å². The lowest BCUT2D eigenvalue weighted by atomic mass is 9.87. The van der Waals surface area contributed by atoms with E-state index in [1.54, 1.807) is 18.5 Å². The van der Waals surface area contributed by atoms with Gasteiger partial charge in [0.1, 0.15) is 0 Å². The monoisotopic (exact) mass is 283 g/mol. The quantitative estimate of drug-likeness (QED) is 0.791. The summed E-state index contributed by atoms with van der Waals surface area (Å²) in [6, 6.07) is 13.5. The Morgan fingerprint density at radius 1 is 1.38 bits per heavy atom. The summed E-state index contributed by atoms with van der Waals surface area (Å²) in [5.41, 5.74) is 0.390. The molecule has 0 saturated carbocycles. The van der Waals surface area contributed by atoms with Gasteiger partial charge in [0, 0.05) is 12.6 Å². The maximum atomic E-state index is 11.9. The van der Waals surface area contributed by atoms with Gasteiger partial charge in [-0.3, -0.25) is 4.79 Å². The molecule has 0 fully saturated rings. The third-order valence-electron chi connectivity index (χ3n) is 3.17. The van der Waals surface area contributed by atoms with E-state index >= 15 is 0 Å². The fourth-order valence-corrected chi connectivity index (χ4v) is 1.99. The molecule has 0 aliphatic rings. The summed E-state index contributed by atoms with van der Waals surface area (Å²) in [5, 5.41) is 13.7. The molecule has 108 valence electrons. The summed E-state index contributed by atoms with van der Waals surface area (Å²) in [6.45, 7) is 3.56. The number of nitrogens with zero attached hydrogens (tertiary/aromatic N) is 3. The van der Waals surface area contributed by atoms with Crippen LogP contribution in [0.4, 0.5) is 0 Å². The predicted molar refractivity (Wildman–Crippen MR) is 77.6 cm³/mol. The van der Waals surface area contributed by atoms with Crippen molar-refractivity contribution in [2.24, 2.45) is 5.41 Å². The molecule has 0 saturated heterocycles. The van der Waals surface area contributed by atoms with E-state index in [1.165, 1.54) is 0 Å². The van der Waals surface area contributed by atoms with Crippen molar-refractivity contribution >= 4 is 5.97 Å². The van der Waals surface area contributed by atoms with Gasteiger partial charge < -0.3 is 4.74 Å². The van der Waals surface area contributed by atoms with E-state index in [-0.39, 0.29) is 13.0 Å². The molecule has 0 radical (unpaired) electrons. The van der Waals surface area contributed by atoms with Gasteiger partial charge in [0.15, 0.2) is 5.41 Å². The van der Waals surface area contributed by atoms with Crippen LogP contribution in [-0.4, -0.2) is 22.4 Å². The molecule has 1 aromatic heterocycles. The highest BCUT2D eigenvalue weighted by Gasteiger charge is 2.36. The van der Waals surface area contributed by atoms with E-state index in [4.69, 9.17) is 4.74 Å². The van der Waals surface area contributed by atoms with Gasteiger partial charge in [-0.05, 0) is 32.0 Å². The molecule has 0 amide bonds. The van der Waals surface area contributed by atoms with Crippen molar-refractivity contribution in [1.29, 1.82) is 5.26 Å². The standard InChI is InChI=1S/C16H17N3O2/c1-3-21-15(20)16(2,12-17)11-13-9-10-19(18-13)14-7-5-4-6-8-14/h4-10H,3,11H2,1-2H3. The summed E-state index contributed by atoms with van der Waals surface area (Å²) >= 11 is 0. The zero-order valence-electron chi connectivity index (χ0n) is 12.1. The molecule has 21 heavy (non-hydrogen) atoms. The van der Waals surface area contributed by atoms with Gasteiger partial charge in [-0.2, -0.15) is 10.4 Å². The number of rotatable bonds is 5.